The number of rotatable bonds is 7. The minimum absolute atomic E-state index is 0.288. The molecule has 0 aliphatic heterocycles. The first-order valence-electron chi connectivity index (χ1n) is 7.58. The third-order valence-corrected chi connectivity index (χ3v) is 4.64. The molecule has 1 rings (SSSR count). The number of aliphatic hydroxyl groups is 1. The van der Waals surface area contributed by atoms with Crippen LogP contribution in [0.25, 0.3) is 0 Å². The maximum atomic E-state index is 9.01. The average Bonchev–Trinajstić information content (AvgIpc) is 2.37. The topological polar surface area (TPSA) is 49.5 Å². The molecule has 0 amide bonds. The standard InChI is InChI=1S/C15H32N2O/c1-13(2)17(9-4-10-18)12-15(11-16)7-5-14(3)6-8-15/h13-14,18H,4-12,16H2,1-3H3. The van der Waals surface area contributed by atoms with Gasteiger partial charge in [0.15, 0.2) is 0 Å². The summed E-state index contributed by atoms with van der Waals surface area (Å²) in [6, 6.07) is 0.541. The summed E-state index contributed by atoms with van der Waals surface area (Å²) in [4.78, 5) is 2.50. The summed E-state index contributed by atoms with van der Waals surface area (Å²) in [7, 11) is 0. The molecule has 0 saturated heterocycles. The lowest BCUT2D eigenvalue weighted by molar-refractivity contribution is 0.0733. The summed E-state index contributed by atoms with van der Waals surface area (Å²) in [6.07, 6.45) is 6.06. The summed E-state index contributed by atoms with van der Waals surface area (Å²) < 4.78 is 0. The summed E-state index contributed by atoms with van der Waals surface area (Å²) in [6.45, 7) is 10.0. The summed E-state index contributed by atoms with van der Waals surface area (Å²) >= 11 is 0. The quantitative estimate of drug-likeness (QED) is 0.734. The highest BCUT2D eigenvalue weighted by Crippen LogP contribution is 2.39. The molecule has 0 aromatic heterocycles. The Hall–Kier alpha value is -0.120. The molecule has 0 radical (unpaired) electrons. The van der Waals surface area contributed by atoms with Crippen LogP contribution in [0.3, 0.4) is 0 Å². The molecule has 3 heteroatoms. The molecule has 1 fully saturated rings. The van der Waals surface area contributed by atoms with Gasteiger partial charge < -0.3 is 15.7 Å². The van der Waals surface area contributed by atoms with E-state index in [0.29, 0.717) is 11.5 Å². The Kier molecular flexibility index (Phi) is 6.61. The van der Waals surface area contributed by atoms with E-state index >= 15 is 0 Å². The van der Waals surface area contributed by atoms with Crippen molar-refractivity contribution >= 4 is 0 Å². The van der Waals surface area contributed by atoms with E-state index in [4.69, 9.17) is 10.8 Å². The van der Waals surface area contributed by atoms with Gasteiger partial charge in [-0.1, -0.05) is 19.8 Å². The molecule has 3 N–H and O–H groups in total. The first-order chi connectivity index (χ1) is 8.53. The third kappa shape index (κ3) is 4.52. The van der Waals surface area contributed by atoms with Crippen LogP contribution in [-0.4, -0.2) is 42.3 Å². The molecule has 3 nitrogen and oxygen atoms in total. The Morgan fingerprint density at radius 3 is 2.39 bits per heavy atom. The van der Waals surface area contributed by atoms with Crippen LogP contribution < -0.4 is 5.73 Å². The Morgan fingerprint density at radius 1 is 1.33 bits per heavy atom. The summed E-state index contributed by atoms with van der Waals surface area (Å²) in [5.74, 6) is 0.870. The Bertz CT molecular complexity index is 223. The largest absolute Gasteiger partial charge is 0.396 e. The predicted octanol–water partition coefficient (Wildman–Crippen LogP) is 2.23. The highest BCUT2D eigenvalue weighted by atomic mass is 16.3. The fraction of sp³-hybridized carbons (Fsp3) is 1.00. The summed E-state index contributed by atoms with van der Waals surface area (Å²) in [5.41, 5.74) is 6.41. The van der Waals surface area contributed by atoms with E-state index in [9.17, 15) is 0 Å². The Labute approximate surface area is 113 Å². The second-order valence-corrected chi connectivity index (χ2v) is 6.53. The van der Waals surface area contributed by atoms with Crippen molar-refractivity contribution in [3.63, 3.8) is 0 Å². The summed E-state index contributed by atoms with van der Waals surface area (Å²) in [5, 5.41) is 9.01. The first-order valence-corrected chi connectivity index (χ1v) is 7.58. The molecule has 0 spiro atoms. The second-order valence-electron chi connectivity index (χ2n) is 6.53. The van der Waals surface area contributed by atoms with Gasteiger partial charge in [-0.25, -0.2) is 0 Å². The zero-order chi connectivity index (χ0) is 13.6. The van der Waals surface area contributed by atoms with Crippen LogP contribution in [-0.2, 0) is 0 Å². The Morgan fingerprint density at radius 2 is 1.94 bits per heavy atom. The Balaban J connectivity index is 2.58. The normalized spacial score (nSPS) is 29.2. The molecule has 108 valence electrons. The molecule has 1 saturated carbocycles. The predicted molar refractivity (Wildman–Crippen MR) is 77.5 cm³/mol. The second kappa shape index (κ2) is 7.46. The van der Waals surface area contributed by atoms with Crippen molar-refractivity contribution in [1.29, 1.82) is 0 Å². The SMILES string of the molecule is CC1CCC(CN)(CN(CCCO)C(C)C)CC1. The van der Waals surface area contributed by atoms with Crippen LogP contribution in [0.2, 0.25) is 0 Å². The van der Waals surface area contributed by atoms with E-state index < -0.39 is 0 Å². The molecule has 0 bridgehead atoms. The molecule has 0 aromatic carbocycles. The van der Waals surface area contributed by atoms with Gasteiger partial charge in [0.2, 0.25) is 0 Å². The van der Waals surface area contributed by atoms with E-state index in [2.05, 4.69) is 25.7 Å². The minimum Gasteiger partial charge on any atom is -0.396 e. The van der Waals surface area contributed by atoms with Crippen molar-refractivity contribution in [2.75, 3.05) is 26.2 Å². The first kappa shape index (κ1) is 15.9. The minimum atomic E-state index is 0.288. The monoisotopic (exact) mass is 256 g/mol. The van der Waals surface area contributed by atoms with Crippen LogP contribution >= 0.6 is 0 Å². The van der Waals surface area contributed by atoms with Crippen LogP contribution in [0.1, 0.15) is 52.9 Å². The van der Waals surface area contributed by atoms with Gasteiger partial charge in [-0.15, -0.1) is 0 Å². The molecule has 0 unspecified atom stereocenters. The van der Waals surface area contributed by atoms with E-state index in [1.807, 2.05) is 0 Å². The van der Waals surface area contributed by atoms with Crippen LogP contribution in [0, 0.1) is 11.3 Å². The van der Waals surface area contributed by atoms with Crippen molar-refractivity contribution in [3.8, 4) is 0 Å². The van der Waals surface area contributed by atoms with Crippen molar-refractivity contribution in [2.45, 2.75) is 58.9 Å². The third-order valence-electron chi connectivity index (χ3n) is 4.64. The zero-order valence-electron chi connectivity index (χ0n) is 12.5. The maximum absolute atomic E-state index is 9.01. The lowest BCUT2D eigenvalue weighted by atomic mass is 9.70. The van der Waals surface area contributed by atoms with Gasteiger partial charge in [0.25, 0.3) is 0 Å². The molecular formula is C15H32N2O. The lowest BCUT2D eigenvalue weighted by Gasteiger charge is -2.43. The van der Waals surface area contributed by atoms with Gasteiger partial charge in [0.05, 0.1) is 0 Å². The van der Waals surface area contributed by atoms with Gasteiger partial charge in [0.1, 0.15) is 0 Å². The van der Waals surface area contributed by atoms with Gasteiger partial charge in [-0.05, 0) is 51.0 Å². The van der Waals surface area contributed by atoms with E-state index in [1.165, 1.54) is 25.7 Å². The van der Waals surface area contributed by atoms with Gasteiger partial charge in [-0.2, -0.15) is 0 Å². The molecule has 18 heavy (non-hydrogen) atoms. The van der Waals surface area contributed by atoms with Crippen molar-refractivity contribution < 1.29 is 5.11 Å². The number of aliphatic hydroxyl groups excluding tert-OH is 1. The highest BCUT2D eigenvalue weighted by molar-refractivity contribution is 4.89. The van der Waals surface area contributed by atoms with Crippen LogP contribution in [0.4, 0.5) is 0 Å². The molecular weight excluding hydrogens is 224 g/mol. The molecule has 0 atom stereocenters. The van der Waals surface area contributed by atoms with E-state index in [-0.39, 0.29) is 6.61 Å². The maximum Gasteiger partial charge on any atom is 0.0443 e. The molecule has 0 heterocycles. The molecule has 0 aromatic rings. The molecule has 1 aliphatic rings. The fourth-order valence-corrected chi connectivity index (χ4v) is 3.03. The van der Waals surface area contributed by atoms with Crippen molar-refractivity contribution in [1.82, 2.24) is 4.90 Å². The van der Waals surface area contributed by atoms with Gasteiger partial charge in [-0.3, -0.25) is 0 Å². The van der Waals surface area contributed by atoms with Gasteiger partial charge >= 0.3 is 0 Å². The number of nitrogens with zero attached hydrogens (tertiary/aromatic N) is 1. The highest BCUT2D eigenvalue weighted by Gasteiger charge is 2.34. The van der Waals surface area contributed by atoms with Gasteiger partial charge in [0, 0.05) is 25.7 Å². The lowest BCUT2D eigenvalue weighted by Crippen LogP contribution is -2.47. The zero-order valence-corrected chi connectivity index (χ0v) is 12.5. The average molecular weight is 256 g/mol. The number of nitrogens with two attached hydrogens (primary N) is 1. The van der Waals surface area contributed by atoms with Crippen LogP contribution in [0.5, 0.6) is 0 Å². The number of hydrogen-bond donors (Lipinski definition) is 2. The smallest absolute Gasteiger partial charge is 0.0443 e. The fourth-order valence-electron chi connectivity index (χ4n) is 3.03. The van der Waals surface area contributed by atoms with Crippen molar-refractivity contribution in [3.05, 3.63) is 0 Å². The van der Waals surface area contributed by atoms with E-state index in [1.54, 1.807) is 0 Å². The van der Waals surface area contributed by atoms with Crippen LogP contribution in [0.15, 0.2) is 0 Å². The van der Waals surface area contributed by atoms with E-state index in [0.717, 1.165) is 32.0 Å². The van der Waals surface area contributed by atoms with Crippen molar-refractivity contribution in [2.24, 2.45) is 17.1 Å². The number of hydrogen-bond acceptors (Lipinski definition) is 3. The molecule has 1 aliphatic carbocycles.